The minimum Gasteiger partial charge on any atom is -0.361 e. The van der Waals surface area contributed by atoms with Gasteiger partial charge in [0.25, 0.3) is 0 Å². The molecule has 1 aromatic carbocycles. The van der Waals surface area contributed by atoms with Crippen LogP contribution in [0.5, 0.6) is 0 Å². The summed E-state index contributed by atoms with van der Waals surface area (Å²) in [6.07, 6.45) is 4.53. The van der Waals surface area contributed by atoms with Gasteiger partial charge in [0.2, 0.25) is 0 Å². The second-order valence-corrected chi connectivity index (χ2v) is 5.93. The minimum atomic E-state index is -0.437. The molecule has 110 valence electrons. The molecule has 2 unspecified atom stereocenters. The number of nitrogens with zero attached hydrogens (tertiary/aromatic N) is 2. The van der Waals surface area contributed by atoms with E-state index in [2.05, 4.69) is 11.8 Å². The fraction of sp³-hybridized carbons (Fsp3) is 0.625. The van der Waals surface area contributed by atoms with Gasteiger partial charge in [-0.05, 0) is 37.9 Å². The van der Waals surface area contributed by atoms with Crippen LogP contribution in [0.15, 0.2) is 18.2 Å². The molecule has 3 rings (SSSR count). The molecule has 4 heteroatoms. The first-order valence-electron chi connectivity index (χ1n) is 7.65. The van der Waals surface area contributed by atoms with Crippen LogP contribution in [-0.4, -0.2) is 36.6 Å². The number of piperazine rings is 1. The van der Waals surface area contributed by atoms with Crippen LogP contribution in [0.1, 0.15) is 32.6 Å². The molecule has 2 aliphatic heterocycles. The Bertz CT molecular complexity index is 457. The topological polar surface area (TPSA) is 6.48 Å². The highest BCUT2D eigenvalue weighted by atomic mass is 19.1. The second kappa shape index (κ2) is 5.68. The molecule has 0 bridgehead atoms. The number of rotatable bonds is 2. The van der Waals surface area contributed by atoms with E-state index < -0.39 is 11.6 Å². The summed E-state index contributed by atoms with van der Waals surface area (Å²) in [5.41, 5.74) is 0.171. The number of benzene rings is 1. The number of halogens is 2. The Kier molecular flexibility index (Phi) is 3.92. The molecule has 0 radical (unpaired) electrons. The quantitative estimate of drug-likeness (QED) is 0.819. The fourth-order valence-electron chi connectivity index (χ4n) is 3.64. The van der Waals surface area contributed by atoms with Crippen molar-refractivity contribution in [3.05, 3.63) is 29.8 Å². The molecular formula is C16H22F2N2. The van der Waals surface area contributed by atoms with Crippen LogP contribution in [0, 0.1) is 11.6 Å². The first-order chi connectivity index (χ1) is 9.70. The highest BCUT2D eigenvalue weighted by molar-refractivity contribution is 5.51. The average Bonchev–Trinajstić information content (AvgIpc) is 2.46. The summed E-state index contributed by atoms with van der Waals surface area (Å²) in [7, 11) is 0. The maximum Gasteiger partial charge on any atom is 0.149 e. The highest BCUT2D eigenvalue weighted by Gasteiger charge is 2.36. The first kappa shape index (κ1) is 13.8. The van der Waals surface area contributed by atoms with Crippen molar-refractivity contribution in [1.29, 1.82) is 0 Å². The molecule has 20 heavy (non-hydrogen) atoms. The van der Waals surface area contributed by atoms with Gasteiger partial charge in [0.1, 0.15) is 17.3 Å². The Balaban J connectivity index is 1.90. The Labute approximate surface area is 119 Å². The molecule has 0 saturated carbocycles. The Hall–Kier alpha value is -1.16. The van der Waals surface area contributed by atoms with Crippen molar-refractivity contribution in [2.45, 2.75) is 44.7 Å². The van der Waals surface area contributed by atoms with Crippen molar-refractivity contribution in [3.63, 3.8) is 0 Å². The van der Waals surface area contributed by atoms with Gasteiger partial charge in [0, 0.05) is 25.2 Å². The van der Waals surface area contributed by atoms with Gasteiger partial charge < -0.3 is 4.90 Å². The number of hydrogen-bond donors (Lipinski definition) is 0. The van der Waals surface area contributed by atoms with E-state index in [0.29, 0.717) is 6.04 Å². The predicted molar refractivity (Wildman–Crippen MR) is 77.0 cm³/mol. The maximum atomic E-state index is 14.1. The van der Waals surface area contributed by atoms with Crippen LogP contribution in [0.4, 0.5) is 14.5 Å². The molecule has 2 fully saturated rings. The van der Waals surface area contributed by atoms with E-state index in [4.69, 9.17) is 0 Å². The third kappa shape index (κ3) is 2.41. The summed E-state index contributed by atoms with van der Waals surface area (Å²) < 4.78 is 28.1. The molecule has 0 spiro atoms. The summed E-state index contributed by atoms with van der Waals surface area (Å²) in [5, 5.41) is 0. The Morgan fingerprint density at radius 2 is 1.90 bits per heavy atom. The van der Waals surface area contributed by atoms with Crippen LogP contribution < -0.4 is 4.90 Å². The van der Waals surface area contributed by atoms with E-state index >= 15 is 0 Å². The molecule has 0 aliphatic carbocycles. The average molecular weight is 280 g/mol. The second-order valence-electron chi connectivity index (χ2n) is 5.93. The first-order valence-corrected chi connectivity index (χ1v) is 7.65. The van der Waals surface area contributed by atoms with Crippen LogP contribution in [0.25, 0.3) is 0 Å². The number of hydrogen-bond acceptors (Lipinski definition) is 2. The van der Waals surface area contributed by atoms with Crippen LogP contribution in [0.3, 0.4) is 0 Å². The van der Waals surface area contributed by atoms with Crippen molar-refractivity contribution >= 4 is 5.69 Å². The van der Waals surface area contributed by atoms with Gasteiger partial charge in [0.15, 0.2) is 0 Å². The largest absolute Gasteiger partial charge is 0.361 e. The molecule has 1 aromatic rings. The molecular weight excluding hydrogens is 258 g/mol. The van der Waals surface area contributed by atoms with Crippen molar-refractivity contribution < 1.29 is 8.78 Å². The van der Waals surface area contributed by atoms with E-state index in [1.807, 2.05) is 4.90 Å². The van der Waals surface area contributed by atoms with E-state index in [1.54, 1.807) is 0 Å². The number of anilines is 1. The zero-order valence-electron chi connectivity index (χ0n) is 12.0. The van der Waals surface area contributed by atoms with Gasteiger partial charge in [-0.25, -0.2) is 8.78 Å². The summed E-state index contributed by atoms with van der Waals surface area (Å²) in [6.45, 7) is 4.90. The summed E-state index contributed by atoms with van der Waals surface area (Å²) >= 11 is 0. The lowest BCUT2D eigenvalue weighted by Gasteiger charge is -2.49. The molecule has 0 N–H and O–H groups in total. The lowest BCUT2D eigenvalue weighted by atomic mass is 9.95. The zero-order valence-corrected chi connectivity index (χ0v) is 12.0. The predicted octanol–water partition coefficient (Wildman–Crippen LogP) is 3.42. The summed E-state index contributed by atoms with van der Waals surface area (Å²) in [6, 6.07) is 4.81. The monoisotopic (exact) mass is 280 g/mol. The fourth-order valence-corrected chi connectivity index (χ4v) is 3.64. The zero-order chi connectivity index (χ0) is 14.1. The van der Waals surface area contributed by atoms with Gasteiger partial charge in [-0.15, -0.1) is 0 Å². The van der Waals surface area contributed by atoms with E-state index in [0.717, 1.165) is 32.5 Å². The molecule has 2 saturated heterocycles. The van der Waals surface area contributed by atoms with Gasteiger partial charge >= 0.3 is 0 Å². The number of fused-ring (bicyclic) bond motifs is 1. The van der Waals surface area contributed by atoms with Crippen molar-refractivity contribution in [2.24, 2.45) is 0 Å². The maximum absolute atomic E-state index is 14.1. The van der Waals surface area contributed by atoms with Gasteiger partial charge in [0.05, 0.1) is 0 Å². The molecule has 2 heterocycles. The molecule has 2 atom stereocenters. The van der Waals surface area contributed by atoms with Gasteiger partial charge in [-0.1, -0.05) is 19.4 Å². The standard InChI is InChI=1S/C16H22F2N2/c1-2-12-10-19-9-4-3-6-13(19)11-20(12)16-14(17)7-5-8-15(16)18/h5,7-8,12-13H,2-4,6,9-11H2,1H3. The van der Waals surface area contributed by atoms with E-state index in [1.165, 1.54) is 31.0 Å². The van der Waals surface area contributed by atoms with Crippen LogP contribution >= 0.6 is 0 Å². The lowest BCUT2D eigenvalue weighted by molar-refractivity contribution is 0.110. The smallest absolute Gasteiger partial charge is 0.149 e. The van der Waals surface area contributed by atoms with Crippen LogP contribution in [-0.2, 0) is 0 Å². The molecule has 0 aromatic heterocycles. The van der Waals surface area contributed by atoms with Crippen molar-refractivity contribution in [1.82, 2.24) is 4.90 Å². The van der Waals surface area contributed by atoms with Crippen molar-refractivity contribution in [3.8, 4) is 0 Å². The number of para-hydroxylation sites is 1. The summed E-state index contributed by atoms with van der Waals surface area (Å²) in [4.78, 5) is 4.48. The number of piperidine rings is 1. The Morgan fingerprint density at radius 3 is 2.60 bits per heavy atom. The van der Waals surface area contributed by atoms with Crippen molar-refractivity contribution in [2.75, 3.05) is 24.5 Å². The molecule has 2 aliphatic rings. The molecule has 2 nitrogen and oxygen atoms in total. The van der Waals surface area contributed by atoms with Crippen LogP contribution in [0.2, 0.25) is 0 Å². The summed E-state index contributed by atoms with van der Waals surface area (Å²) in [5.74, 6) is -0.875. The highest BCUT2D eigenvalue weighted by Crippen LogP contribution is 2.32. The Morgan fingerprint density at radius 1 is 1.15 bits per heavy atom. The van der Waals surface area contributed by atoms with Gasteiger partial charge in [-0.2, -0.15) is 0 Å². The van der Waals surface area contributed by atoms with E-state index in [9.17, 15) is 8.78 Å². The lowest BCUT2D eigenvalue weighted by Crippen LogP contribution is -2.60. The SMILES string of the molecule is CCC1CN2CCCCC2CN1c1c(F)cccc1F. The normalized spacial score (nSPS) is 27.4. The molecule has 0 amide bonds. The van der Waals surface area contributed by atoms with Gasteiger partial charge in [-0.3, -0.25) is 4.90 Å². The third-order valence-corrected chi connectivity index (χ3v) is 4.74. The third-order valence-electron chi connectivity index (χ3n) is 4.74. The van der Waals surface area contributed by atoms with E-state index in [-0.39, 0.29) is 11.7 Å². The minimum absolute atomic E-state index is 0.171.